The van der Waals surface area contributed by atoms with Crippen molar-refractivity contribution in [2.24, 2.45) is 5.92 Å². The van der Waals surface area contributed by atoms with Gasteiger partial charge in [-0.15, -0.1) is 0 Å². The van der Waals surface area contributed by atoms with Crippen LogP contribution < -0.4 is 10.6 Å². The van der Waals surface area contributed by atoms with Crippen molar-refractivity contribution < 1.29 is 4.79 Å². The highest BCUT2D eigenvalue weighted by molar-refractivity contribution is 5.75. The van der Waals surface area contributed by atoms with Crippen LogP contribution in [0.2, 0.25) is 0 Å². The molecule has 0 spiro atoms. The van der Waals surface area contributed by atoms with Gasteiger partial charge < -0.3 is 20.4 Å². The molecule has 1 amide bonds. The molecule has 0 unspecified atom stereocenters. The Balaban J connectivity index is 1.45. The zero-order chi connectivity index (χ0) is 15.6. The molecule has 2 heterocycles. The highest BCUT2D eigenvalue weighted by Crippen LogP contribution is 2.17. The number of rotatable bonds is 8. The molecular formula is C17H34N4O. The van der Waals surface area contributed by atoms with Crippen LogP contribution >= 0.6 is 0 Å². The Morgan fingerprint density at radius 3 is 2.50 bits per heavy atom. The second-order valence-corrected chi connectivity index (χ2v) is 6.71. The Labute approximate surface area is 135 Å². The minimum atomic E-state index is 0.245. The molecule has 0 atom stereocenters. The van der Waals surface area contributed by atoms with Gasteiger partial charge in [0.1, 0.15) is 0 Å². The Morgan fingerprint density at radius 2 is 1.82 bits per heavy atom. The summed E-state index contributed by atoms with van der Waals surface area (Å²) in [4.78, 5) is 16.9. The summed E-state index contributed by atoms with van der Waals surface area (Å²) in [5.74, 6) is 0.996. The topological polar surface area (TPSA) is 47.6 Å². The molecule has 0 aromatic carbocycles. The molecule has 128 valence electrons. The van der Waals surface area contributed by atoms with Crippen LogP contribution in [-0.2, 0) is 4.79 Å². The standard InChI is InChI=1S/C17H34N4O/c1-2-20-12-14-21(15-13-20)11-3-8-19-17(22)5-4-16-6-9-18-10-7-16/h16,18H,2-15H2,1H3,(H,19,22). The van der Waals surface area contributed by atoms with Crippen molar-refractivity contribution in [1.29, 1.82) is 0 Å². The number of nitrogens with one attached hydrogen (secondary N) is 2. The predicted octanol–water partition coefficient (Wildman–Crippen LogP) is 0.910. The maximum Gasteiger partial charge on any atom is 0.220 e. The number of hydrogen-bond acceptors (Lipinski definition) is 4. The van der Waals surface area contributed by atoms with E-state index in [0.717, 1.165) is 44.9 Å². The molecule has 2 aliphatic heterocycles. The fourth-order valence-electron chi connectivity index (χ4n) is 3.45. The van der Waals surface area contributed by atoms with Gasteiger partial charge in [-0.25, -0.2) is 0 Å². The van der Waals surface area contributed by atoms with Gasteiger partial charge in [-0.2, -0.15) is 0 Å². The highest BCUT2D eigenvalue weighted by atomic mass is 16.1. The lowest BCUT2D eigenvalue weighted by Gasteiger charge is -2.33. The highest BCUT2D eigenvalue weighted by Gasteiger charge is 2.16. The number of carbonyl (C=O) groups is 1. The summed E-state index contributed by atoms with van der Waals surface area (Å²) >= 11 is 0. The van der Waals surface area contributed by atoms with Gasteiger partial charge >= 0.3 is 0 Å². The molecule has 0 bridgehead atoms. The summed E-state index contributed by atoms with van der Waals surface area (Å²) in [6.07, 6.45) is 5.31. The number of nitrogens with zero attached hydrogens (tertiary/aromatic N) is 2. The minimum Gasteiger partial charge on any atom is -0.356 e. The number of piperidine rings is 1. The van der Waals surface area contributed by atoms with Gasteiger partial charge in [0.15, 0.2) is 0 Å². The van der Waals surface area contributed by atoms with Crippen molar-refractivity contribution in [2.75, 3.05) is 58.9 Å². The van der Waals surface area contributed by atoms with Gasteiger partial charge in [0.25, 0.3) is 0 Å². The summed E-state index contributed by atoms with van der Waals surface area (Å²) in [5, 5.41) is 6.46. The molecular weight excluding hydrogens is 276 g/mol. The quantitative estimate of drug-likeness (QED) is 0.654. The Kier molecular flexibility index (Phi) is 8.20. The van der Waals surface area contributed by atoms with Crippen LogP contribution in [0.15, 0.2) is 0 Å². The monoisotopic (exact) mass is 310 g/mol. The first kappa shape index (κ1) is 17.7. The van der Waals surface area contributed by atoms with E-state index in [-0.39, 0.29) is 5.91 Å². The first-order valence-electron chi connectivity index (χ1n) is 9.20. The van der Waals surface area contributed by atoms with Gasteiger partial charge in [0.05, 0.1) is 0 Å². The largest absolute Gasteiger partial charge is 0.356 e. The predicted molar refractivity (Wildman–Crippen MR) is 91.0 cm³/mol. The minimum absolute atomic E-state index is 0.245. The molecule has 2 fully saturated rings. The zero-order valence-electron chi connectivity index (χ0n) is 14.3. The fourth-order valence-corrected chi connectivity index (χ4v) is 3.45. The summed E-state index contributed by atoms with van der Waals surface area (Å²) < 4.78 is 0. The molecule has 0 aromatic rings. The van der Waals surface area contributed by atoms with E-state index in [0.29, 0.717) is 6.42 Å². The smallest absolute Gasteiger partial charge is 0.220 e. The van der Waals surface area contributed by atoms with Crippen LogP contribution in [-0.4, -0.2) is 74.6 Å². The molecule has 2 saturated heterocycles. The van der Waals surface area contributed by atoms with E-state index in [2.05, 4.69) is 27.4 Å². The van der Waals surface area contributed by atoms with Gasteiger partial charge in [-0.3, -0.25) is 4.79 Å². The number of likely N-dealkylation sites (N-methyl/N-ethyl adjacent to an activating group) is 1. The lowest BCUT2D eigenvalue weighted by Crippen LogP contribution is -2.46. The molecule has 0 aromatic heterocycles. The number of hydrogen-bond donors (Lipinski definition) is 2. The lowest BCUT2D eigenvalue weighted by atomic mass is 9.93. The van der Waals surface area contributed by atoms with E-state index >= 15 is 0 Å². The van der Waals surface area contributed by atoms with Crippen molar-refractivity contribution in [3.8, 4) is 0 Å². The van der Waals surface area contributed by atoms with Gasteiger partial charge in [0, 0.05) is 39.1 Å². The molecule has 22 heavy (non-hydrogen) atoms. The summed E-state index contributed by atoms with van der Waals surface area (Å²) in [7, 11) is 0. The Bertz CT molecular complexity index is 310. The summed E-state index contributed by atoms with van der Waals surface area (Å²) in [5.41, 5.74) is 0. The van der Waals surface area contributed by atoms with Crippen molar-refractivity contribution in [1.82, 2.24) is 20.4 Å². The average molecular weight is 310 g/mol. The van der Waals surface area contributed by atoms with Gasteiger partial charge in [-0.05, 0) is 57.8 Å². The molecule has 0 aliphatic carbocycles. The fraction of sp³-hybridized carbons (Fsp3) is 0.941. The Hall–Kier alpha value is -0.650. The van der Waals surface area contributed by atoms with E-state index in [1.165, 1.54) is 45.6 Å². The maximum absolute atomic E-state index is 11.9. The third-order valence-electron chi connectivity index (χ3n) is 5.12. The maximum atomic E-state index is 11.9. The molecule has 0 radical (unpaired) electrons. The van der Waals surface area contributed by atoms with E-state index in [1.54, 1.807) is 0 Å². The normalized spacial score (nSPS) is 21.9. The molecule has 2 aliphatic rings. The first-order valence-corrected chi connectivity index (χ1v) is 9.20. The van der Waals surface area contributed by atoms with Crippen molar-refractivity contribution in [2.45, 2.75) is 39.0 Å². The van der Waals surface area contributed by atoms with E-state index < -0.39 is 0 Å². The van der Waals surface area contributed by atoms with Gasteiger partial charge in [-0.1, -0.05) is 6.92 Å². The van der Waals surface area contributed by atoms with Crippen LogP contribution in [0.25, 0.3) is 0 Å². The van der Waals surface area contributed by atoms with Crippen LogP contribution in [0.4, 0.5) is 0 Å². The summed E-state index contributed by atoms with van der Waals surface area (Å²) in [6.45, 7) is 12.3. The lowest BCUT2D eigenvalue weighted by molar-refractivity contribution is -0.121. The number of carbonyl (C=O) groups excluding carboxylic acids is 1. The molecule has 5 nitrogen and oxygen atoms in total. The zero-order valence-corrected chi connectivity index (χ0v) is 14.3. The van der Waals surface area contributed by atoms with E-state index in [9.17, 15) is 4.79 Å². The first-order chi connectivity index (χ1) is 10.8. The third kappa shape index (κ3) is 6.63. The molecule has 5 heteroatoms. The molecule has 0 saturated carbocycles. The van der Waals surface area contributed by atoms with Crippen molar-refractivity contribution in [3.63, 3.8) is 0 Å². The second-order valence-electron chi connectivity index (χ2n) is 6.71. The SMILES string of the molecule is CCN1CCN(CCCNC(=O)CCC2CCNCC2)CC1. The van der Waals surface area contributed by atoms with Crippen LogP contribution in [0, 0.1) is 5.92 Å². The summed E-state index contributed by atoms with van der Waals surface area (Å²) in [6, 6.07) is 0. The average Bonchev–Trinajstić information content (AvgIpc) is 2.58. The van der Waals surface area contributed by atoms with Crippen molar-refractivity contribution in [3.05, 3.63) is 0 Å². The van der Waals surface area contributed by atoms with Gasteiger partial charge in [0.2, 0.25) is 5.91 Å². The van der Waals surface area contributed by atoms with E-state index in [1.807, 2.05) is 0 Å². The molecule has 2 rings (SSSR count). The third-order valence-corrected chi connectivity index (χ3v) is 5.12. The van der Waals surface area contributed by atoms with Crippen LogP contribution in [0.1, 0.15) is 39.0 Å². The van der Waals surface area contributed by atoms with Crippen LogP contribution in [0.3, 0.4) is 0 Å². The Morgan fingerprint density at radius 1 is 1.14 bits per heavy atom. The number of amides is 1. The second kappa shape index (κ2) is 10.2. The van der Waals surface area contributed by atoms with E-state index in [4.69, 9.17) is 0 Å². The molecule has 2 N–H and O–H groups in total. The van der Waals surface area contributed by atoms with Crippen molar-refractivity contribution >= 4 is 5.91 Å². The van der Waals surface area contributed by atoms with Crippen LogP contribution in [0.5, 0.6) is 0 Å². The number of piperazine rings is 1.